The second-order valence-corrected chi connectivity index (χ2v) is 1.66. The first-order chi connectivity index (χ1) is 3.15. The number of aliphatic hydroxyl groups is 1. The summed E-state index contributed by atoms with van der Waals surface area (Å²) in [5.41, 5.74) is 0. The Morgan fingerprint density at radius 1 is 1.25 bits per heavy atom. The molecule has 0 heterocycles. The van der Waals surface area contributed by atoms with Crippen LogP contribution in [-0.2, 0) is 0 Å². The lowest BCUT2D eigenvalue weighted by molar-refractivity contribution is 0.318. The summed E-state index contributed by atoms with van der Waals surface area (Å²) >= 11 is 0. The van der Waals surface area contributed by atoms with Crippen LogP contribution in [0.3, 0.4) is 0 Å². The van der Waals surface area contributed by atoms with Gasteiger partial charge in [-0.3, -0.25) is 0 Å². The van der Waals surface area contributed by atoms with Gasteiger partial charge in [0, 0.05) is 6.61 Å². The van der Waals surface area contributed by atoms with Crippen LogP contribution < -0.4 is 0 Å². The van der Waals surface area contributed by atoms with Gasteiger partial charge < -0.3 is 10.0 Å². The standard InChI is InChI=1S/C3H9N.C2H6O.BrH/c1-4(2)3;1-2-3;/h1-3H3;3H,2H2,1H3;1H. The second kappa shape index (κ2) is 15.7. The molecule has 0 aliphatic rings. The minimum atomic E-state index is 0. The fourth-order valence-electron chi connectivity index (χ4n) is 0. The van der Waals surface area contributed by atoms with E-state index in [1.807, 2.05) is 26.0 Å². The van der Waals surface area contributed by atoms with Crippen molar-refractivity contribution in [1.29, 1.82) is 0 Å². The smallest absolute Gasteiger partial charge is 0.0402 e. The molecule has 8 heavy (non-hydrogen) atoms. The van der Waals surface area contributed by atoms with Gasteiger partial charge in [0.25, 0.3) is 0 Å². The molecule has 0 aromatic heterocycles. The van der Waals surface area contributed by atoms with Gasteiger partial charge in [0.05, 0.1) is 0 Å². The van der Waals surface area contributed by atoms with Crippen LogP contribution in [-0.4, -0.2) is 37.8 Å². The van der Waals surface area contributed by atoms with Gasteiger partial charge in [-0.05, 0) is 28.1 Å². The quantitative estimate of drug-likeness (QED) is 0.603. The fourth-order valence-corrected chi connectivity index (χ4v) is 0. The van der Waals surface area contributed by atoms with Crippen LogP contribution in [0.5, 0.6) is 0 Å². The van der Waals surface area contributed by atoms with E-state index in [2.05, 4.69) is 0 Å². The molecule has 1 N–H and O–H groups in total. The van der Waals surface area contributed by atoms with E-state index in [1.165, 1.54) is 0 Å². The first-order valence-electron chi connectivity index (χ1n) is 2.36. The zero-order chi connectivity index (χ0) is 6.28. The molecule has 54 valence electrons. The van der Waals surface area contributed by atoms with Gasteiger partial charge >= 0.3 is 0 Å². The Bertz CT molecular complexity index is 23.6. The van der Waals surface area contributed by atoms with E-state index in [4.69, 9.17) is 5.11 Å². The van der Waals surface area contributed by atoms with Crippen molar-refractivity contribution >= 4 is 17.0 Å². The van der Waals surface area contributed by atoms with Crippen molar-refractivity contribution in [1.82, 2.24) is 4.90 Å². The Balaban J connectivity index is -0.0000000575. The zero-order valence-electron chi connectivity index (χ0n) is 6.01. The summed E-state index contributed by atoms with van der Waals surface area (Å²) in [7, 11) is 6.00. The molecule has 0 rings (SSSR count). The average molecular weight is 186 g/mol. The highest BCUT2D eigenvalue weighted by Gasteiger charge is 1.58. The third kappa shape index (κ3) is 1170. The largest absolute Gasteiger partial charge is 0.397 e. The normalized spacial score (nSPS) is 6.75. The Morgan fingerprint density at radius 2 is 1.25 bits per heavy atom. The summed E-state index contributed by atoms with van der Waals surface area (Å²) in [6, 6.07) is 0. The molecule has 3 heteroatoms. The number of hydrogen-bond acceptors (Lipinski definition) is 2. The van der Waals surface area contributed by atoms with Gasteiger partial charge in [-0.1, -0.05) is 0 Å². The number of aliphatic hydroxyl groups excluding tert-OH is 1. The summed E-state index contributed by atoms with van der Waals surface area (Å²) < 4.78 is 0. The molecule has 0 amide bonds. The average Bonchev–Trinajstić information content (AvgIpc) is 1.33. The van der Waals surface area contributed by atoms with Crippen LogP contribution in [0.2, 0.25) is 0 Å². The summed E-state index contributed by atoms with van der Waals surface area (Å²) in [5, 5.41) is 7.57. The number of nitrogens with zero attached hydrogens (tertiary/aromatic N) is 1. The van der Waals surface area contributed by atoms with Gasteiger partial charge in [0.1, 0.15) is 0 Å². The maximum atomic E-state index is 7.57. The van der Waals surface area contributed by atoms with Crippen molar-refractivity contribution in [3.05, 3.63) is 0 Å². The topological polar surface area (TPSA) is 23.5 Å². The van der Waals surface area contributed by atoms with E-state index >= 15 is 0 Å². The maximum Gasteiger partial charge on any atom is 0.0402 e. The van der Waals surface area contributed by atoms with E-state index in [0.717, 1.165) is 0 Å². The highest BCUT2D eigenvalue weighted by molar-refractivity contribution is 8.93. The lowest BCUT2D eigenvalue weighted by atomic mass is 10.9. The summed E-state index contributed by atoms with van der Waals surface area (Å²) in [6.07, 6.45) is 0. The van der Waals surface area contributed by atoms with Crippen molar-refractivity contribution in [3.8, 4) is 0 Å². The minimum absolute atomic E-state index is 0. The van der Waals surface area contributed by atoms with Crippen LogP contribution in [0.15, 0.2) is 0 Å². The minimum Gasteiger partial charge on any atom is -0.397 e. The Kier molecular flexibility index (Phi) is 30.9. The Labute approximate surface area is 62.3 Å². The molecule has 0 aliphatic carbocycles. The number of halogens is 1. The third-order valence-corrected chi connectivity index (χ3v) is 0. The van der Waals surface area contributed by atoms with Gasteiger partial charge in [-0.25, -0.2) is 0 Å². The highest BCUT2D eigenvalue weighted by atomic mass is 79.9. The molecule has 0 saturated carbocycles. The third-order valence-electron chi connectivity index (χ3n) is 0. The van der Waals surface area contributed by atoms with Crippen LogP contribution in [0, 0.1) is 0 Å². The van der Waals surface area contributed by atoms with Crippen LogP contribution in [0.4, 0.5) is 0 Å². The van der Waals surface area contributed by atoms with E-state index < -0.39 is 0 Å². The molecule has 0 radical (unpaired) electrons. The van der Waals surface area contributed by atoms with E-state index in [9.17, 15) is 0 Å². The molecular formula is C5H16BrNO. The van der Waals surface area contributed by atoms with Crippen molar-refractivity contribution in [2.24, 2.45) is 0 Å². The molecule has 0 atom stereocenters. The van der Waals surface area contributed by atoms with Crippen molar-refractivity contribution in [2.45, 2.75) is 6.92 Å². The van der Waals surface area contributed by atoms with Crippen molar-refractivity contribution < 1.29 is 5.11 Å². The van der Waals surface area contributed by atoms with Gasteiger partial charge in [0.2, 0.25) is 0 Å². The molecule has 0 aliphatic heterocycles. The monoisotopic (exact) mass is 185 g/mol. The highest BCUT2D eigenvalue weighted by Crippen LogP contribution is 1.47. The van der Waals surface area contributed by atoms with Gasteiger partial charge in [-0.2, -0.15) is 0 Å². The lowest BCUT2D eigenvalue weighted by Gasteiger charge is -1.90. The van der Waals surface area contributed by atoms with Crippen molar-refractivity contribution in [3.63, 3.8) is 0 Å². The lowest BCUT2D eigenvalue weighted by Crippen LogP contribution is -1.99. The van der Waals surface area contributed by atoms with Gasteiger partial charge in [-0.15, -0.1) is 17.0 Å². The van der Waals surface area contributed by atoms with E-state index in [0.29, 0.717) is 0 Å². The molecule has 0 bridgehead atoms. The van der Waals surface area contributed by atoms with Crippen LogP contribution in [0.25, 0.3) is 0 Å². The predicted octanol–water partition coefficient (Wildman–Crippen LogP) is 0.754. The molecule has 0 fully saturated rings. The fraction of sp³-hybridized carbons (Fsp3) is 1.00. The predicted molar refractivity (Wildman–Crippen MR) is 42.7 cm³/mol. The summed E-state index contributed by atoms with van der Waals surface area (Å²) in [6.45, 7) is 1.93. The van der Waals surface area contributed by atoms with E-state index in [1.54, 1.807) is 6.92 Å². The Morgan fingerprint density at radius 3 is 1.25 bits per heavy atom. The van der Waals surface area contributed by atoms with E-state index in [-0.39, 0.29) is 23.6 Å². The zero-order valence-corrected chi connectivity index (χ0v) is 7.72. The second-order valence-electron chi connectivity index (χ2n) is 1.66. The molecule has 0 spiro atoms. The molecule has 0 aromatic rings. The molecule has 0 aromatic carbocycles. The maximum absolute atomic E-state index is 7.57. The number of hydrogen-bond donors (Lipinski definition) is 1. The molecule has 2 nitrogen and oxygen atoms in total. The first kappa shape index (κ1) is 15.8. The SMILES string of the molecule is Br.CCO.CN(C)C. The molecular weight excluding hydrogens is 170 g/mol. The summed E-state index contributed by atoms with van der Waals surface area (Å²) in [5.74, 6) is 0. The van der Waals surface area contributed by atoms with Crippen molar-refractivity contribution in [2.75, 3.05) is 27.7 Å². The Hall–Kier alpha value is 0.400. The molecule has 0 unspecified atom stereocenters. The summed E-state index contributed by atoms with van der Waals surface area (Å²) in [4.78, 5) is 2.00. The van der Waals surface area contributed by atoms with Crippen LogP contribution >= 0.6 is 17.0 Å². The molecule has 0 saturated heterocycles. The first-order valence-corrected chi connectivity index (χ1v) is 2.36. The number of rotatable bonds is 0. The van der Waals surface area contributed by atoms with Gasteiger partial charge in [0.15, 0.2) is 0 Å². The van der Waals surface area contributed by atoms with Crippen LogP contribution in [0.1, 0.15) is 6.92 Å².